The van der Waals surface area contributed by atoms with Gasteiger partial charge in [-0.25, -0.2) is 18.7 Å². The van der Waals surface area contributed by atoms with E-state index in [1.807, 2.05) is 24.3 Å². The summed E-state index contributed by atoms with van der Waals surface area (Å²) in [6.07, 6.45) is 2.83. The number of aromatic nitrogens is 2. The van der Waals surface area contributed by atoms with Crippen LogP contribution in [0.3, 0.4) is 0 Å². The second-order valence-corrected chi connectivity index (χ2v) is 9.02. The first-order valence-corrected chi connectivity index (χ1v) is 12.4. The molecule has 0 unspecified atom stereocenters. The van der Waals surface area contributed by atoms with Gasteiger partial charge in [-0.05, 0) is 60.2 Å². The maximum Gasteiger partial charge on any atom is 0.247 e. The van der Waals surface area contributed by atoms with Crippen LogP contribution in [0.5, 0.6) is 0 Å². The molecule has 2 N–H and O–H groups in total. The van der Waals surface area contributed by atoms with Crippen molar-refractivity contribution in [3.63, 3.8) is 0 Å². The third kappa shape index (κ3) is 5.63. The summed E-state index contributed by atoms with van der Waals surface area (Å²) >= 11 is 0. The molecule has 38 heavy (non-hydrogen) atoms. The van der Waals surface area contributed by atoms with Crippen LogP contribution < -0.4 is 15.5 Å². The van der Waals surface area contributed by atoms with Crippen LogP contribution in [0, 0.1) is 5.82 Å². The molecule has 5 rings (SSSR count). The Bertz CT molecular complexity index is 1450. The van der Waals surface area contributed by atoms with Crippen molar-refractivity contribution in [1.29, 1.82) is 0 Å². The Morgan fingerprint density at radius 2 is 1.82 bits per heavy atom. The Kier molecular flexibility index (Phi) is 7.55. The van der Waals surface area contributed by atoms with E-state index in [-0.39, 0.29) is 12.6 Å². The molecular formula is C29H28F2N6O. The zero-order valence-electron chi connectivity index (χ0n) is 20.8. The number of hydrogen-bond acceptors (Lipinski definition) is 6. The van der Waals surface area contributed by atoms with Crippen LogP contribution in [0.1, 0.15) is 0 Å². The van der Waals surface area contributed by atoms with Crippen LogP contribution in [0.4, 0.5) is 31.8 Å². The van der Waals surface area contributed by atoms with Crippen molar-refractivity contribution in [3.8, 4) is 11.1 Å². The highest BCUT2D eigenvalue weighted by Crippen LogP contribution is 2.32. The molecule has 4 aromatic rings. The van der Waals surface area contributed by atoms with Gasteiger partial charge < -0.3 is 15.5 Å². The molecule has 9 heteroatoms. The Morgan fingerprint density at radius 3 is 2.55 bits per heavy atom. The molecular weight excluding hydrogens is 486 g/mol. The third-order valence-electron chi connectivity index (χ3n) is 6.57. The van der Waals surface area contributed by atoms with Crippen molar-refractivity contribution < 1.29 is 13.6 Å². The molecule has 1 amide bonds. The number of amides is 1. The number of carbonyl (C=O) groups is 1. The monoisotopic (exact) mass is 514 g/mol. The van der Waals surface area contributed by atoms with Crippen LogP contribution >= 0.6 is 0 Å². The lowest BCUT2D eigenvalue weighted by atomic mass is 10.0. The fourth-order valence-electron chi connectivity index (χ4n) is 4.59. The molecule has 1 aliphatic rings. The standard InChI is InChI=1S/C29H28F2N6O/c1-2-26(38)33-23-5-3-4-20(18-23)27-25(31)11-6-21-19-32-29(35-28(21)27)34-22-7-9-24(10-8-22)37-16-14-36(13-12-30)15-17-37/h2-11,18-19H,1,12-17H2,(H,33,38)(H,32,34,35). The molecule has 0 atom stereocenters. The van der Waals surface area contributed by atoms with E-state index in [1.54, 1.807) is 36.5 Å². The summed E-state index contributed by atoms with van der Waals surface area (Å²) in [5.41, 5.74) is 3.79. The molecule has 1 saturated heterocycles. The predicted molar refractivity (Wildman–Crippen MR) is 148 cm³/mol. The van der Waals surface area contributed by atoms with Crippen LogP contribution in [0.25, 0.3) is 22.0 Å². The SMILES string of the molecule is C=CC(=O)Nc1cccc(-c2c(F)ccc3cnc(Nc4ccc(N5CCN(CCF)CC5)cc4)nc23)c1. The third-order valence-corrected chi connectivity index (χ3v) is 6.57. The van der Waals surface area contributed by atoms with Gasteiger partial charge in [0.1, 0.15) is 12.5 Å². The summed E-state index contributed by atoms with van der Waals surface area (Å²) in [6, 6.07) is 17.9. The summed E-state index contributed by atoms with van der Waals surface area (Å²) in [5.74, 6) is -0.433. The van der Waals surface area contributed by atoms with Gasteiger partial charge >= 0.3 is 0 Å². The van der Waals surface area contributed by atoms with Crippen molar-refractivity contribution in [2.24, 2.45) is 0 Å². The average Bonchev–Trinajstić information content (AvgIpc) is 2.94. The van der Waals surface area contributed by atoms with E-state index in [4.69, 9.17) is 0 Å². The van der Waals surface area contributed by atoms with Crippen molar-refractivity contribution >= 4 is 39.8 Å². The van der Waals surface area contributed by atoms with Crippen molar-refractivity contribution in [2.45, 2.75) is 0 Å². The number of benzene rings is 3. The molecule has 194 valence electrons. The zero-order valence-corrected chi connectivity index (χ0v) is 20.8. The molecule has 0 spiro atoms. The minimum atomic E-state index is -0.426. The second kappa shape index (κ2) is 11.4. The van der Waals surface area contributed by atoms with Gasteiger partial charge in [0.25, 0.3) is 0 Å². The summed E-state index contributed by atoms with van der Waals surface area (Å²) in [5, 5.41) is 6.61. The molecule has 0 aliphatic carbocycles. The topological polar surface area (TPSA) is 73.4 Å². The van der Waals surface area contributed by atoms with Crippen LogP contribution in [-0.4, -0.2) is 60.2 Å². The van der Waals surface area contributed by atoms with Crippen molar-refractivity contribution in [3.05, 3.63) is 85.3 Å². The Labute approximate surface area is 219 Å². The summed E-state index contributed by atoms with van der Waals surface area (Å²) in [7, 11) is 0. The van der Waals surface area contributed by atoms with Crippen LogP contribution in [0.15, 0.2) is 79.5 Å². The number of anilines is 4. The van der Waals surface area contributed by atoms with E-state index in [0.29, 0.717) is 40.2 Å². The lowest BCUT2D eigenvalue weighted by Gasteiger charge is -2.35. The molecule has 2 heterocycles. The Hall–Kier alpha value is -4.37. The number of carbonyl (C=O) groups excluding carboxylic acids is 1. The summed E-state index contributed by atoms with van der Waals surface area (Å²) < 4.78 is 27.7. The normalized spacial score (nSPS) is 13.9. The Balaban J connectivity index is 1.37. The summed E-state index contributed by atoms with van der Waals surface area (Å²) in [4.78, 5) is 25.2. The van der Waals surface area contributed by atoms with E-state index in [1.165, 1.54) is 12.1 Å². The number of hydrogen-bond donors (Lipinski definition) is 2. The molecule has 1 aromatic heterocycles. The van der Waals surface area contributed by atoms with E-state index in [2.05, 4.69) is 37.0 Å². The molecule has 3 aromatic carbocycles. The Morgan fingerprint density at radius 1 is 1.03 bits per heavy atom. The second-order valence-electron chi connectivity index (χ2n) is 9.02. The first-order valence-electron chi connectivity index (χ1n) is 12.4. The van der Waals surface area contributed by atoms with Gasteiger partial charge in [0.15, 0.2) is 0 Å². The maximum absolute atomic E-state index is 15.1. The highest BCUT2D eigenvalue weighted by Gasteiger charge is 2.17. The van der Waals surface area contributed by atoms with Crippen molar-refractivity contribution in [2.75, 3.05) is 54.9 Å². The lowest BCUT2D eigenvalue weighted by Crippen LogP contribution is -2.47. The van der Waals surface area contributed by atoms with E-state index in [0.717, 1.165) is 37.6 Å². The zero-order chi connectivity index (χ0) is 26.5. The summed E-state index contributed by atoms with van der Waals surface area (Å²) in [6.45, 7) is 7.04. The first kappa shape index (κ1) is 25.3. The van der Waals surface area contributed by atoms with Gasteiger partial charge in [-0.2, -0.15) is 0 Å². The largest absolute Gasteiger partial charge is 0.369 e. The number of fused-ring (bicyclic) bond motifs is 1. The number of nitrogens with one attached hydrogen (secondary N) is 2. The minimum absolute atomic E-state index is 0.314. The molecule has 1 fully saturated rings. The number of nitrogens with zero attached hydrogens (tertiary/aromatic N) is 4. The molecule has 0 saturated carbocycles. The van der Waals surface area contributed by atoms with E-state index >= 15 is 4.39 Å². The number of rotatable bonds is 8. The van der Waals surface area contributed by atoms with Gasteiger partial charge in [-0.1, -0.05) is 18.7 Å². The number of piperazine rings is 1. The van der Waals surface area contributed by atoms with E-state index < -0.39 is 5.82 Å². The van der Waals surface area contributed by atoms with Gasteiger partial charge in [-0.3, -0.25) is 9.69 Å². The molecule has 7 nitrogen and oxygen atoms in total. The maximum atomic E-state index is 15.1. The quantitative estimate of drug-likeness (QED) is 0.307. The first-order chi connectivity index (χ1) is 18.5. The van der Waals surface area contributed by atoms with Gasteiger partial charge in [0, 0.05) is 66.9 Å². The predicted octanol–water partition coefficient (Wildman–Crippen LogP) is 5.40. The number of halogens is 2. The minimum Gasteiger partial charge on any atom is -0.369 e. The van der Waals surface area contributed by atoms with Gasteiger partial charge in [0.05, 0.1) is 5.52 Å². The van der Waals surface area contributed by atoms with Crippen molar-refractivity contribution in [1.82, 2.24) is 14.9 Å². The molecule has 0 bridgehead atoms. The van der Waals surface area contributed by atoms with Gasteiger partial charge in [0.2, 0.25) is 11.9 Å². The highest BCUT2D eigenvalue weighted by molar-refractivity contribution is 6.00. The fourth-order valence-corrected chi connectivity index (χ4v) is 4.59. The van der Waals surface area contributed by atoms with Crippen LogP contribution in [-0.2, 0) is 4.79 Å². The molecule has 1 aliphatic heterocycles. The fraction of sp³-hybridized carbons (Fsp3) is 0.207. The average molecular weight is 515 g/mol. The van der Waals surface area contributed by atoms with E-state index in [9.17, 15) is 9.18 Å². The lowest BCUT2D eigenvalue weighted by molar-refractivity contribution is -0.111. The number of alkyl halides is 1. The smallest absolute Gasteiger partial charge is 0.247 e. The molecule has 0 radical (unpaired) electrons. The highest BCUT2D eigenvalue weighted by atomic mass is 19.1. The van der Waals surface area contributed by atoms with Gasteiger partial charge in [-0.15, -0.1) is 0 Å². The van der Waals surface area contributed by atoms with Crippen LogP contribution in [0.2, 0.25) is 0 Å².